The van der Waals surface area contributed by atoms with Gasteiger partial charge in [0.25, 0.3) is 5.91 Å². The Balaban J connectivity index is 1.41. The molecule has 2 aromatic heterocycles. The minimum Gasteiger partial charge on any atom is -0.341 e. The van der Waals surface area contributed by atoms with Crippen molar-refractivity contribution in [2.24, 2.45) is 5.92 Å². The van der Waals surface area contributed by atoms with Gasteiger partial charge < -0.3 is 9.80 Å². The van der Waals surface area contributed by atoms with Gasteiger partial charge in [-0.05, 0) is 30.5 Å². The number of likely N-dealkylation sites (tertiary alicyclic amines) is 2. The van der Waals surface area contributed by atoms with Crippen molar-refractivity contribution in [3.05, 3.63) is 54.5 Å². The number of nitrogens with zero attached hydrogens (tertiary/aromatic N) is 5. The summed E-state index contributed by atoms with van der Waals surface area (Å²) in [6.07, 6.45) is 4.83. The SMILES string of the molecule is CN1C(=O)C[C@H]2CCN(C(=O)c3cnc4c(c3)ncn4-c3ccccc3)C[C@H]21. The number of hydrogen-bond donors (Lipinski definition) is 0. The average Bonchev–Trinajstić information content (AvgIpc) is 3.28. The van der Waals surface area contributed by atoms with Crippen LogP contribution in [0.4, 0.5) is 0 Å². The molecule has 0 unspecified atom stereocenters. The molecule has 0 N–H and O–H groups in total. The fraction of sp³-hybridized carbons (Fsp3) is 0.333. The highest BCUT2D eigenvalue weighted by Gasteiger charge is 2.42. The number of imidazole rings is 1. The Morgan fingerprint density at radius 3 is 2.82 bits per heavy atom. The monoisotopic (exact) mass is 375 g/mol. The molecule has 2 aliphatic heterocycles. The number of fused-ring (bicyclic) bond motifs is 2. The largest absolute Gasteiger partial charge is 0.341 e. The number of aromatic nitrogens is 3. The minimum atomic E-state index is -0.0464. The van der Waals surface area contributed by atoms with Crippen LogP contribution in [0.25, 0.3) is 16.9 Å². The van der Waals surface area contributed by atoms with Crippen LogP contribution < -0.4 is 0 Å². The molecule has 2 aliphatic rings. The van der Waals surface area contributed by atoms with Crippen molar-refractivity contribution in [2.45, 2.75) is 18.9 Å². The third-order valence-electron chi connectivity index (χ3n) is 6.01. The zero-order valence-corrected chi connectivity index (χ0v) is 15.7. The molecule has 7 nitrogen and oxygen atoms in total. The Morgan fingerprint density at radius 2 is 2.00 bits per heavy atom. The Morgan fingerprint density at radius 1 is 1.18 bits per heavy atom. The molecule has 2 fully saturated rings. The van der Waals surface area contributed by atoms with E-state index in [0.717, 1.165) is 17.8 Å². The third-order valence-corrected chi connectivity index (χ3v) is 6.01. The van der Waals surface area contributed by atoms with E-state index in [-0.39, 0.29) is 17.9 Å². The highest BCUT2D eigenvalue weighted by atomic mass is 16.2. The summed E-state index contributed by atoms with van der Waals surface area (Å²) >= 11 is 0. The maximum Gasteiger partial charge on any atom is 0.255 e. The zero-order valence-electron chi connectivity index (χ0n) is 15.7. The summed E-state index contributed by atoms with van der Waals surface area (Å²) in [4.78, 5) is 37.6. The van der Waals surface area contributed by atoms with Crippen LogP contribution in [0.1, 0.15) is 23.2 Å². The molecular formula is C21H21N5O2. The van der Waals surface area contributed by atoms with Crippen molar-refractivity contribution in [3.8, 4) is 5.69 Å². The molecule has 3 aromatic rings. The van der Waals surface area contributed by atoms with Gasteiger partial charge in [0, 0.05) is 38.4 Å². The molecule has 2 amide bonds. The first-order valence-electron chi connectivity index (χ1n) is 9.55. The maximum absolute atomic E-state index is 13.0. The van der Waals surface area contributed by atoms with Crippen LogP contribution in [-0.4, -0.2) is 62.3 Å². The van der Waals surface area contributed by atoms with Crippen molar-refractivity contribution < 1.29 is 9.59 Å². The lowest BCUT2D eigenvalue weighted by Gasteiger charge is -2.37. The second kappa shape index (κ2) is 6.44. The molecule has 1 aromatic carbocycles. The molecule has 0 saturated carbocycles. The van der Waals surface area contributed by atoms with Crippen molar-refractivity contribution in [3.63, 3.8) is 0 Å². The lowest BCUT2D eigenvalue weighted by molar-refractivity contribution is -0.127. The van der Waals surface area contributed by atoms with Crippen LogP contribution in [0.2, 0.25) is 0 Å². The number of amides is 2. The lowest BCUT2D eigenvalue weighted by Crippen LogP contribution is -2.49. The van der Waals surface area contributed by atoms with E-state index in [1.807, 2.05) is 46.8 Å². The van der Waals surface area contributed by atoms with Crippen molar-refractivity contribution in [2.75, 3.05) is 20.1 Å². The standard InChI is InChI=1S/C21H21N5O2/c1-24-18-12-25(8-7-14(18)10-19(24)27)21(28)15-9-17-20(22-11-15)26(13-23-17)16-5-3-2-4-6-16/h2-6,9,11,13-14,18H,7-8,10,12H2,1H3/t14-,18-/m1/s1. The number of piperidine rings is 1. The molecule has 7 heteroatoms. The second-order valence-electron chi connectivity index (χ2n) is 7.59. The van der Waals surface area contributed by atoms with Crippen LogP contribution in [-0.2, 0) is 4.79 Å². The molecule has 142 valence electrons. The molecule has 4 heterocycles. The first-order valence-corrected chi connectivity index (χ1v) is 9.55. The molecule has 2 saturated heterocycles. The summed E-state index contributed by atoms with van der Waals surface area (Å²) in [6, 6.07) is 11.8. The normalized spacial score (nSPS) is 22.0. The summed E-state index contributed by atoms with van der Waals surface area (Å²) in [5.74, 6) is 0.498. The summed E-state index contributed by atoms with van der Waals surface area (Å²) in [5, 5.41) is 0. The van der Waals surface area contributed by atoms with Gasteiger partial charge in [-0.1, -0.05) is 18.2 Å². The van der Waals surface area contributed by atoms with Gasteiger partial charge >= 0.3 is 0 Å². The number of benzene rings is 1. The van der Waals surface area contributed by atoms with Gasteiger partial charge in [0.05, 0.1) is 11.6 Å². The van der Waals surface area contributed by atoms with Crippen LogP contribution >= 0.6 is 0 Å². The van der Waals surface area contributed by atoms with E-state index >= 15 is 0 Å². The van der Waals surface area contributed by atoms with Crippen LogP contribution in [0.3, 0.4) is 0 Å². The number of carbonyl (C=O) groups is 2. The van der Waals surface area contributed by atoms with E-state index in [1.54, 1.807) is 23.5 Å². The Labute approximate surface area is 162 Å². The highest BCUT2D eigenvalue weighted by molar-refractivity contribution is 5.96. The maximum atomic E-state index is 13.0. The molecule has 28 heavy (non-hydrogen) atoms. The molecular weight excluding hydrogens is 354 g/mol. The van der Waals surface area contributed by atoms with E-state index in [0.29, 0.717) is 36.5 Å². The summed E-state index contributed by atoms with van der Waals surface area (Å²) < 4.78 is 1.91. The number of hydrogen-bond acceptors (Lipinski definition) is 4. The van der Waals surface area contributed by atoms with Gasteiger partial charge in [-0.2, -0.15) is 0 Å². The number of para-hydroxylation sites is 1. The second-order valence-corrected chi connectivity index (χ2v) is 7.59. The minimum absolute atomic E-state index is 0.0464. The van der Waals surface area contributed by atoms with E-state index in [1.165, 1.54) is 0 Å². The van der Waals surface area contributed by atoms with Crippen molar-refractivity contribution in [1.82, 2.24) is 24.3 Å². The lowest BCUT2D eigenvalue weighted by atomic mass is 9.92. The number of likely N-dealkylation sites (N-methyl/N-ethyl adjacent to an activating group) is 1. The van der Waals surface area contributed by atoms with E-state index in [4.69, 9.17) is 0 Å². The highest BCUT2D eigenvalue weighted by Crippen LogP contribution is 2.32. The van der Waals surface area contributed by atoms with Crippen molar-refractivity contribution >= 4 is 23.0 Å². The summed E-state index contributed by atoms with van der Waals surface area (Å²) in [5.41, 5.74) is 2.93. The Bertz CT molecular complexity index is 1060. The topological polar surface area (TPSA) is 71.3 Å². The van der Waals surface area contributed by atoms with Gasteiger partial charge in [0.15, 0.2) is 5.65 Å². The Hall–Kier alpha value is -3.22. The fourth-order valence-corrected chi connectivity index (χ4v) is 4.37. The molecule has 0 bridgehead atoms. The first-order chi connectivity index (χ1) is 13.6. The summed E-state index contributed by atoms with van der Waals surface area (Å²) in [6.45, 7) is 1.26. The van der Waals surface area contributed by atoms with E-state index in [2.05, 4.69) is 9.97 Å². The molecule has 0 radical (unpaired) electrons. The van der Waals surface area contributed by atoms with Gasteiger partial charge in [0.1, 0.15) is 11.8 Å². The molecule has 2 atom stereocenters. The van der Waals surface area contributed by atoms with Crippen LogP contribution in [0, 0.1) is 5.92 Å². The summed E-state index contributed by atoms with van der Waals surface area (Å²) in [7, 11) is 1.84. The van der Waals surface area contributed by atoms with E-state index < -0.39 is 0 Å². The fourth-order valence-electron chi connectivity index (χ4n) is 4.37. The average molecular weight is 375 g/mol. The Kier molecular flexibility index (Phi) is 3.89. The van der Waals surface area contributed by atoms with Gasteiger partial charge in [-0.3, -0.25) is 14.2 Å². The quantitative estimate of drug-likeness (QED) is 0.688. The van der Waals surface area contributed by atoms with Crippen LogP contribution in [0.15, 0.2) is 48.9 Å². The zero-order chi connectivity index (χ0) is 19.3. The third kappa shape index (κ3) is 2.66. The smallest absolute Gasteiger partial charge is 0.255 e. The van der Waals surface area contributed by atoms with Gasteiger partial charge in [-0.15, -0.1) is 0 Å². The van der Waals surface area contributed by atoms with E-state index in [9.17, 15) is 9.59 Å². The number of rotatable bonds is 2. The predicted molar refractivity (Wildman–Crippen MR) is 104 cm³/mol. The van der Waals surface area contributed by atoms with Crippen LogP contribution in [0.5, 0.6) is 0 Å². The molecule has 0 aliphatic carbocycles. The molecule has 0 spiro atoms. The van der Waals surface area contributed by atoms with Gasteiger partial charge in [-0.25, -0.2) is 9.97 Å². The number of carbonyl (C=O) groups excluding carboxylic acids is 2. The molecule has 5 rings (SSSR count). The number of pyridine rings is 1. The first kappa shape index (κ1) is 16.9. The predicted octanol–water partition coefficient (Wildman–Crippen LogP) is 2.11. The van der Waals surface area contributed by atoms with Crippen molar-refractivity contribution in [1.29, 1.82) is 0 Å². The van der Waals surface area contributed by atoms with Gasteiger partial charge in [0.2, 0.25) is 5.91 Å².